The Bertz CT molecular complexity index is 1670. The molecule has 4 N–H and O–H groups in total. The molecule has 0 bridgehead atoms. The average molecular weight is 600 g/mol. The number of guanidine groups is 1. The number of benzene rings is 2. The van der Waals surface area contributed by atoms with Gasteiger partial charge in [-0.3, -0.25) is 10.1 Å². The van der Waals surface area contributed by atoms with E-state index in [2.05, 4.69) is 46.8 Å². The van der Waals surface area contributed by atoms with Crippen LogP contribution in [0.25, 0.3) is 11.1 Å². The normalized spacial score (nSPS) is 15.2. The fourth-order valence-electron chi connectivity index (χ4n) is 3.85. The van der Waals surface area contributed by atoms with Crippen LogP contribution < -0.4 is 16.0 Å². The molecule has 1 aliphatic rings. The molecule has 1 unspecified atom stereocenters. The van der Waals surface area contributed by atoms with E-state index >= 15 is 0 Å². The first-order valence-corrected chi connectivity index (χ1v) is 12.2. The predicted molar refractivity (Wildman–Crippen MR) is 143 cm³/mol. The van der Waals surface area contributed by atoms with E-state index in [1.54, 1.807) is 25.1 Å². The number of carbonyl (C=O) groups is 2. The highest BCUT2D eigenvalue weighted by molar-refractivity contribution is 9.10. The molecule has 5 rings (SSSR count). The summed E-state index contributed by atoms with van der Waals surface area (Å²) in [5, 5.41) is 18.2. The van der Waals surface area contributed by atoms with Crippen molar-refractivity contribution in [3.8, 4) is 0 Å². The summed E-state index contributed by atoms with van der Waals surface area (Å²) in [5.41, 5.74) is 1.86. The molecule has 0 saturated heterocycles. The van der Waals surface area contributed by atoms with Crippen LogP contribution in [0.15, 0.2) is 79.9 Å². The smallest absolute Gasteiger partial charge is 0.335 e. The first-order chi connectivity index (χ1) is 18.2. The van der Waals surface area contributed by atoms with Gasteiger partial charge in [0, 0.05) is 33.0 Å². The number of carboxylic acid groups (broad SMARTS) is 1. The Labute approximate surface area is 227 Å². The Morgan fingerprint density at radius 3 is 2.76 bits per heavy atom. The number of aliphatic imine (C=N–C) groups is 1. The molecule has 0 saturated carbocycles. The maximum Gasteiger partial charge on any atom is 0.335 e. The quantitative estimate of drug-likeness (QED) is 0.236. The van der Waals surface area contributed by atoms with Crippen LogP contribution in [0.2, 0.25) is 5.02 Å². The SMILES string of the molecule is CC1=C(C(=O)Nc2cc(C(=O)O)ccn2)C(c2ccc(Br)cc2Cl)N=C(Nc2nc3ccc(F)cc3o2)N1. The largest absolute Gasteiger partial charge is 0.478 e. The number of carbonyl (C=O) groups excluding carboxylic acids is 1. The van der Waals surface area contributed by atoms with Crippen molar-refractivity contribution in [1.82, 2.24) is 15.3 Å². The third-order valence-corrected chi connectivity index (χ3v) is 6.39. The topological polar surface area (TPSA) is 142 Å². The van der Waals surface area contributed by atoms with Gasteiger partial charge in [0.15, 0.2) is 5.58 Å². The molecule has 3 heterocycles. The minimum absolute atomic E-state index is 0.0296. The van der Waals surface area contributed by atoms with Crippen LogP contribution >= 0.6 is 27.5 Å². The molecule has 13 heteroatoms. The minimum atomic E-state index is -1.15. The number of carboxylic acids is 1. The molecule has 2 aromatic heterocycles. The lowest BCUT2D eigenvalue weighted by Gasteiger charge is -2.27. The summed E-state index contributed by atoms with van der Waals surface area (Å²) in [5.74, 6) is -1.91. The highest BCUT2D eigenvalue weighted by Crippen LogP contribution is 2.36. The van der Waals surface area contributed by atoms with Gasteiger partial charge in [0.25, 0.3) is 5.91 Å². The highest BCUT2D eigenvalue weighted by Gasteiger charge is 2.31. The number of oxazole rings is 1. The lowest BCUT2D eigenvalue weighted by molar-refractivity contribution is -0.113. The number of aromatic carboxylic acids is 1. The lowest BCUT2D eigenvalue weighted by atomic mass is 9.95. The number of pyridine rings is 1. The second-order valence-corrected chi connectivity index (χ2v) is 9.48. The van der Waals surface area contributed by atoms with Gasteiger partial charge in [-0.15, -0.1) is 0 Å². The van der Waals surface area contributed by atoms with Crippen LogP contribution in [0.1, 0.15) is 28.9 Å². The summed E-state index contributed by atoms with van der Waals surface area (Å²) < 4.78 is 19.9. The maximum absolute atomic E-state index is 13.6. The molecule has 0 spiro atoms. The third kappa shape index (κ3) is 5.22. The van der Waals surface area contributed by atoms with Crippen molar-refractivity contribution in [1.29, 1.82) is 0 Å². The van der Waals surface area contributed by atoms with Crippen LogP contribution in [0, 0.1) is 5.82 Å². The first kappa shape index (κ1) is 25.4. The molecule has 0 fully saturated rings. The van der Waals surface area contributed by atoms with E-state index in [1.807, 2.05) is 0 Å². The number of nitrogens with zero attached hydrogens (tertiary/aromatic N) is 3. The molecule has 0 aliphatic carbocycles. The summed E-state index contributed by atoms with van der Waals surface area (Å²) in [6, 6.07) is 10.9. The Morgan fingerprint density at radius 1 is 1.18 bits per heavy atom. The molecule has 10 nitrogen and oxygen atoms in total. The van der Waals surface area contributed by atoms with Gasteiger partial charge >= 0.3 is 12.0 Å². The number of amides is 1. The number of anilines is 2. The Hall–Kier alpha value is -4.29. The van der Waals surface area contributed by atoms with Crippen LogP contribution in [-0.2, 0) is 4.79 Å². The summed E-state index contributed by atoms with van der Waals surface area (Å²) >= 11 is 9.91. The monoisotopic (exact) mass is 598 g/mol. The zero-order valence-corrected chi connectivity index (χ0v) is 21.8. The Balaban J connectivity index is 1.50. The molecule has 4 aromatic rings. The van der Waals surface area contributed by atoms with Crippen molar-refractivity contribution in [3.63, 3.8) is 0 Å². The van der Waals surface area contributed by atoms with E-state index in [-0.39, 0.29) is 34.5 Å². The van der Waals surface area contributed by atoms with E-state index < -0.39 is 23.7 Å². The number of fused-ring (bicyclic) bond motifs is 1. The fraction of sp³-hybridized carbons (Fsp3) is 0.0800. The highest BCUT2D eigenvalue weighted by atomic mass is 79.9. The van der Waals surface area contributed by atoms with Crippen molar-refractivity contribution in [2.24, 2.45) is 4.99 Å². The van der Waals surface area contributed by atoms with E-state index in [9.17, 15) is 19.1 Å². The van der Waals surface area contributed by atoms with E-state index in [1.165, 1.54) is 36.5 Å². The van der Waals surface area contributed by atoms with Crippen molar-refractivity contribution in [3.05, 3.63) is 92.4 Å². The molecular formula is C25H17BrClFN6O4. The van der Waals surface area contributed by atoms with E-state index in [0.717, 1.165) is 4.47 Å². The van der Waals surface area contributed by atoms with Crippen molar-refractivity contribution in [2.75, 3.05) is 10.6 Å². The van der Waals surface area contributed by atoms with Gasteiger partial charge in [-0.05, 0) is 43.3 Å². The van der Waals surface area contributed by atoms with Crippen LogP contribution in [0.3, 0.4) is 0 Å². The van der Waals surface area contributed by atoms with E-state index in [4.69, 9.17) is 16.0 Å². The maximum atomic E-state index is 13.6. The predicted octanol–water partition coefficient (Wildman–Crippen LogP) is 5.50. The molecule has 1 atom stereocenters. The molecule has 1 aliphatic heterocycles. The summed E-state index contributed by atoms with van der Waals surface area (Å²) in [6.07, 6.45) is 1.29. The molecule has 38 heavy (non-hydrogen) atoms. The van der Waals surface area contributed by atoms with Gasteiger partial charge < -0.3 is 20.2 Å². The summed E-state index contributed by atoms with van der Waals surface area (Å²) in [6.45, 7) is 1.67. The number of allylic oxidation sites excluding steroid dienone is 1. The number of aromatic nitrogens is 2. The zero-order valence-electron chi connectivity index (χ0n) is 19.4. The van der Waals surface area contributed by atoms with Crippen molar-refractivity contribution < 1.29 is 23.5 Å². The van der Waals surface area contributed by atoms with Gasteiger partial charge in [0.2, 0.25) is 5.96 Å². The van der Waals surface area contributed by atoms with Gasteiger partial charge in [0.05, 0.1) is 11.1 Å². The molecule has 0 radical (unpaired) electrons. The van der Waals surface area contributed by atoms with Gasteiger partial charge in [-0.1, -0.05) is 33.6 Å². The molecule has 2 aromatic carbocycles. The lowest BCUT2D eigenvalue weighted by Crippen LogP contribution is -2.37. The van der Waals surface area contributed by atoms with Crippen LogP contribution in [0.5, 0.6) is 0 Å². The van der Waals surface area contributed by atoms with Gasteiger partial charge in [-0.2, -0.15) is 4.98 Å². The molecule has 192 valence electrons. The number of nitrogens with one attached hydrogen (secondary N) is 3. The average Bonchev–Trinajstić information content (AvgIpc) is 3.25. The zero-order chi connectivity index (χ0) is 27.0. The summed E-state index contributed by atoms with van der Waals surface area (Å²) in [7, 11) is 0. The van der Waals surface area contributed by atoms with Gasteiger partial charge in [-0.25, -0.2) is 19.2 Å². The molecule has 1 amide bonds. The van der Waals surface area contributed by atoms with Crippen molar-refractivity contribution in [2.45, 2.75) is 13.0 Å². The fourth-order valence-corrected chi connectivity index (χ4v) is 4.63. The van der Waals surface area contributed by atoms with Gasteiger partial charge in [0.1, 0.15) is 23.2 Å². The standard InChI is InChI=1S/C25H17BrClFN6O4/c1-11-20(22(35)32-19-8-12(23(36)37)6-7-29-19)21(15-4-2-13(26)9-16(15)27)33-24(30-11)34-25-31-17-5-3-14(28)10-18(17)38-25/h2-10,21H,1H3,(H,36,37)(H,29,32,35)(H2,30,31,33,34). The minimum Gasteiger partial charge on any atom is -0.478 e. The second kappa shape index (κ2) is 10.2. The number of hydrogen-bond donors (Lipinski definition) is 4. The van der Waals surface area contributed by atoms with Crippen LogP contribution in [-0.4, -0.2) is 32.9 Å². The van der Waals surface area contributed by atoms with Crippen LogP contribution in [0.4, 0.5) is 16.2 Å². The van der Waals surface area contributed by atoms with Crippen molar-refractivity contribution >= 4 is 68.3 Å². The second-order valence-electron chi connectivity index (χ2n) is 8.15. The third-order valence-electron chi connectivity index (χ3n) is 5.57. The number of rotatable bonds is 5. The number of hydrogen-bond acceptors (Lipinski definition) is 8. The Morgan fingerprint density at radius 2 is 2.00 bits per heavy atom. The number of halogens is 3. The Kier molecular flexibility index (Phi) is 6.83. The van der Waals surface area contributed by atoms with E-state index in [0.29, 0.717) is 21.8 Å². The first-order valence-electron chi connectivity index (χ1n) is 11.0. The molecular weight excluding hydrogens is 583 g/mol. The summed E-state index contributed by atoms with van der Waals surface area (Å²) in [4.78, 5) is 37.7.